The first kappa shape index (κ1) is 27.3. The number of fused-ring (bicyclic) bond motifs is 2. The smallest absolute Gasteiger partial charge is 0.345 e. The third kappa shape index (κ3) is 5.15. The standard InChI is InChI=1S/C27H31NO10/c1-14(29)34-13-26(4,37-16(3)31)18-9-19-24(32)23-21(38-27(19,5)22(10-18)35-15(2)30)11-20(36-25(23)33)17-7-6-8-28-12-17/h6-8,11-12,18-19,22,24,32H,9-10,13H2,1-5H3/t18-,19-,22-,24+,26-,27-/m1/s1. The molecule has 11 nitrogen and oxygen atoms in total. The highest BCUT2D eigenvalue weighted by atomic mass is 16.6. The second-order valence-corrected chi connectivity index (χ2v) is 10.2. The van der Waals surface area contributed by atoms with Crippen LogP contribution in [0.5, 0.6) is 5.75 Å². The van der Waals surface area contributed by atoms with Crippen LogP contribution < -0.4 is 10.4 Å². The fourth-order valence-electron chi connectivity index (χ4n) is 5.54. The van der Waals surface area contributed by atoms with Gasteiger partial charge in [-0.15, -0.1) is 0 Å². The van der Waals surface area contributed by atoms with Crippen LogP contribution in [0, 0.1) is 11.8 Å². The molecule has 0 aromatic carbocycles. The van der Waals surface area contributed by atoms with Gasteiger partial charge in [0.25, 0.3) is 0 Å². The van der Waals surface area contributed by atoms with E-state index in [1.165, 1.54) is 33.0 Å². The lowest BCUT2D eigenvalue weighted by Crippen LogP contribution is -2.63. The number of pyridine rings is 1. The van der Waals surface area contributed by atoms with Gasteiger partial charge in [0.15, 0.2) is 0 Å². The molecule has 2 aromatic rings. The fraction of sp³-hybridized carbons (Fsp3) is 0.519. The SMILES string of the molecule is CC(=O)OC[C@@](C)(OC(C)=O)[C@@H]1C[C@@H]2[C@H](O)c3c(cc(-c4cccnc4)oc3=O)O[C@@]2(C)[C@H](OC(C)=O)C1. The Bertz CT molecular complexity index is 1290. The number of aliphatic hydroxyl groups is 1. The van der Waals surface area contributed by atoms with E-state index in [0.29, 0.717) is 5.56 Å². The van der Waals surface area contributed by atoms with Gasteiger partial charge in [0.2, 0.25) is 0 Å². The Morgan fingerprint density at radius 3 is 2.53 bits per heavy atom. The predicted molar refractivity (Wildman–Crippen MR) is 131 cm³/mol. The summed E-state index contributed by atoms with van der Waals surface area (Å²) in [5, 5.41) is 11.5. The highest BCUT2D eigenvalue weighted by molar-refractivity contribution is 5.68. The highest BCUT2D eigenvalue weighted by Crippen LogP contribution is 2.54. The molecule has 4 rings (SSSR count). The van der Waals surface area contributed by atoms with Crippen molar-refractivity contribution in [2.75, 3.05) is 6.61 Å². The minimum Gasteiger partial charge on any atom is -0.482 e. The zero-order valence-electron chi connectivity index (χ0n) is 21.9. The molecule has 11 heteroatoms. The molecule has 0 radical (unpaired) electrons. The van der Waals surface area contributed by atoms with Gasteiger partial charge in [-0.05, 0) is 38.8 Å². The summed E-state index contributed by atoms with van der Waals surface area (Å²) < 4.78 is 28.4. The molecule has 1 N–H and O–H groups in total. The van der Waals surface area contributed by atoms with E-state index in [2.05, 4.69) is 4.98 Å². The molecular formula is C27H31NO10. The maximum Gasteiger partial charge on any atom is 0.345 e. The predicted octanol–water partition coefficient (Wildman–Crippen LogP) is 2.73. The monoisotopic (exact) mass is 529 g/mol. The summed E-state index contributed by atoms with van der Waals surface area (Å²) in [7, 11) is 0. The summed E-state index contributed by atoms with van der Waals surface area (Å²) in [6.45, 7) is 6.82. The molecule has 0 bridgehead atoms. The van der Waals surface area contributed by atoms with E-state index in [4.69, 9.17) is 23.4 Å². The normalized spacial score (nSPS) is 27.5. The number of hydrogen-bond acceptors (Lipinski definition) is 11. The highest BCUT2D eigenvalue weighted by Gasteiger charge is 2.60. The van der Waals surface area contributed by atoms with Crippen LogP contribution in [0.3, 0.4) is 0 Å². The Morgan fingerprint density at radius 1 is 1.18 bits per heavy atom. The molecule has 2 aliphatic rings. The van der Waals surface area contributed by atoms with Crippen molar-refractivity contribution in [3.05, 3.63) is 46.6 Å². The zero-order valence-corrected chi connectivity index (χ0v) is 21.9. The van der Waals surface area contributed by atoms with E-state index in [-0.39, 0.29) is 36.5 Å². The second kappa shape index (κ2) is 10.2. The Labute approximate surface area is 219 Å². The van der Waals surface area contributed by atoms with Crippen LogP contribution >= 0.6 is 0 Å². The van der Waals surface area contributed by atoms with Crippen molar-refractivity contribution in [1.29, 1.82) is 0 Å². The van der Waals surface area contributed by atoms with E-state index >= 15 is 0 Å². The van der Waals surface area contributed by atoms with E-state index in [9.17, 15) is 24.3 Å². The number of carbonyl (C=O) groups is 3. The van der Waals surface area contributed by atoms with Crippen LogP contribution in [0.1, 0.15) is 59.1 Å². The molecule has 1 aliphatic heterocycles. The van der Waals surface area contributed by atoms with Crippen molar-refractivity contribution < 1.29 is 42.9 Å². The summed E-state index contributed by atoms with van der Waals surface area (Å²) in [6.07, 6.45) is 1.24. The van der Waals surface area contributed by atoms with Crippen LogP contribution in [0.25, 0.3) is 11.3 Å². The molecule has 0 saturated heterocycles. The van der Waals surface area contributed by atoms with Crippen molar-refractivity contribution in [3.8, 4) is 17.1 Å². The minimum atomic E-state index is -1.35. The topological polar surface area (TPSA) is 151 Å². The summed E-state index contributed by atoms with van der Waals surface area (Å²) in [5.41, 5.74) is -2.83. The molecule has 1 fully saturated rings. The number of esters is 3. The lowest BCUT2D eigenvalue weighted by molar-refractivity contribution is -0.215. The first-order valence-corrected chi connectivity index (χ1v) is 12.3. The van der Waals surface area contributed by atoms with Gasteiger partial charge in [-0.1, -0.05) is 0 Å². The largest absolute Gasteiger partial charge is 0.482 e. The van der Waals surface area contributed by atoms with E-state index in [1.54, 1.807) is 32.2 Å². The van der Waals surface area contributed by atoms with Crippen molar-refractivity contribution in [2.24, 2.45) is 11.8 Å². The molecule has 38 heavy (non-hydrogen) atoms. The quantitative estimate of drug-likeness (QED) is 0.434. The number of rotatable bonds is 6. The molecule has 6 atom stereocenters. The molecule has 1 aliphatic carbocycles. The van der Waals surface area contributed by atoms with Gasteiger partial charge in [-0.3, -0.25) is 19.4 Å². The van der Waals surface area contributed by atoms with Crippen LogP contribution in [-0.2, 0) is 28.6 Å². The van der Waals surface area contributed by atoms with E-state index in [0.717, 1.165) is 0 Å². The lowest BCUT2D eigenvalue weighted by atomic mass is 9.62. The molecule has 0 spiro atoms. The summed E-state index contributed by atoms with van der Waals surface area (Å²) in [6, 6.07) is 4.92. The van der Waals surface area contributed by atoms with Crippen LogP contribution in [-0.4, -0.2) is 51.9 Å². The van der Waals surface area contributed by atoms with Gasteiger partial charge in [0.1, 0.15) is 41.0 Å². The van der Waals surface area contributed by atoms with Gasteiger partial charge < -0.3 is 28.5 Å². The zero-order chi connectivity index (χ0) is 27.8. The Balaban J connectivity index is 1.78. The summed E-state index contributed by atoms with van der Waals surface area (Å²) in [4.78, 5) is 52.8. The maximum absolute atomic E-state index is 13.1. The summed E-state index contributed by atoms with van der Waals surface area (Å²) in [5.74, 6) is -2.70. The molecule has 0 amide bonds. The van der Waals surface area contributed by atoms with Gasteiger partial charge in [-0.2, -0.15) is 0 Å². The van der Waals surface area contributed by atoms with Gasteiger partial charge >= 0.3 is 23.5 Å². The molecule has 0 unspecified atom stereocenters. The van der Waals surface area contributed by atoms with Crippen molar-refractivity contribution >= 4 is 17.9 Å². The third-order valence-electron chi connectivity index (χ3n) is 7.43. The Kier molecular flexibility index (Phi) is 7.33. The van der Waals surface area contributed by atoms with Gasteiger partial charge in [0.05, 0.1) is 6.10 Å². The number of carbonyl (C=O) groups excluding carboxylic acids is 3. The first-order chi connectivity index (χ1) is 17.8. The molecular weight excluding hydrogens is 498 g/mol. The van der Waals surface area contributed by atoms with Crippen molar-refractivity contribution in [2.45, 2.75) is 70.9 Å². The summed E-state index contributed by atoms with van der Waals surface area (Å²) >= 11 is 0. The fourth-order valence-corrected chi connectivity index (χ4v) is 5.54. The van der Waals surface area contributed by atoms with E-state index in [1.807, 2.05) is 0 Å². The van der Waals surface area contributed by atoms with Crippen molar-refractivity contribution in [3.63, 3.8) is 0 Å². The van der Waals surface area contributed by atoms with Crippen molar-refractivity contribution in [1.82, 2.24) is 4.98 Å². The Morgan fingerprint density at radius 2 is 1.92 bits per heavy atom. The average molecular weight is 530 g/mol. The third-order valence-corrected chi connectivity index (χ3v) is 7.43. The molecule has 1 saturated carbocycles. The minimum absolute atomic E-state index is 0.0588. The van der Waals surface area contributed by atoms with Crippen LogP contribution in [0.4, 0.5) is 0 Å². The number of aliphatic hydroxyl groups excluding tert-OH is 1. The molecule has 3 heterocycles. The first-order valence-electron chi connectivity index (χ1n) is 12.3. The average Bonchev–Trinajstić information content (AvgIpc) is 2.83. The van der Waals surface area contributed by atoms with E-state index < -0.39 is 58.8 Å². The second-order valence-electron chi connectivity index (χ2n) is 10.2. The number of hydrogen-bond donors (Lipinski definition) is 1. The number of ether oxygens (including phenoxy) is 4. The number of nitrogens with zero attached hydrogens (tertiary/aromatic N) is 1. The van der Waals surface area contributed by atoms with Crippen LogP contribution in [0.15, 0.2) is 39.8 Å². The van der Waals surface area contributed by atoms with Gasteiger partial charge in [0, 0.05) is 56.6 Å². The van der Waals surface area contributed by atoms with Crippen LogP contribution in [0.2, 0.25) is 0 Å². The lowest BCUT2D eigenvalue weighted by Gasteiger charge is -2.54. The maximum atomic E-state index is 13.1. The van der Waals surface area contributed by atoms with Gasteiger partial charge in [-0.25, -0.2) is 4.79 Å². The molecule has 204 valence electrons. The number of aromatic nitrogens is 1. The Hall–Kier alpha value is -3.73. The molecule has 2 aromatic heterocycles.